The first kappa shape index (κ1) is 25.2. The molecule has 33 heavy (non-hydrogen) atoms. The Hall–Kier alpha value is -2.38. The highest BCUT2D eigenvalue weighted by Gasteiger charge is 2.26. The predicted molar refractivity (Wildman–Crippen MR) is 138 cm³/mol. The van der Waals surface area contributed by atoms with Gasteiger partial charge in [0.2, 0.25) is 5.91 Å². The van der Waals surface area contributed by atoms with Gasteiger partial charge in [-0.05, 0) is 48.9 Å². The average Bonchev–Trinajstić information content (AvgIpc) is 2.78. The number of aliphatic hydroxyl groups is 1. The van der Waals surface area contributed by atoms with Gasteiger partial charge in [0, 0.05) is 68.1 Å². The summed E-state index contributed by atoms with van der Waals surface area (Å²) in [6.07, 6.45) is 0.0521. The molecule has 3 heterocycles. The van der Waals surface area contributed by atoms with Gasteiger partial charge < -0.3 is 14.9 Å². The van der Waals surface area contributed by atoms with Gasteiger partial charge in [0.15, 0.2) is 0 Å². The highest BCUT2D eigenvalue weighted by Crippen LogP contribution is 2.28. The molecule has 2 fully saturated rings. The molecule has 3 aromatic rings. The van der Waals surface area contributed by atoms with Crippen molar-refractivity contribution < 1.29 is 9.90 Å². The third-order valence-corrected chi connectivity index (χ3v) is 6.41. The molecule has 1 unspecified atom stereocenters. The van der Waals surface area contributed by atoms with E-state index in [0.717, 1.165) is 55.2 Å². The van der Waals surface area contributed by atoms with Gasteiger partial charge in [0.25, 0.3) is 0 Å². The zero-order valence-corrected chi connectivity index (χ0v) is 20.3. The van der Waals surface area contributed by atoms with Crippen molar-refractivity contribution in [2.75, 3.05) is 49.1 Å². The fourth-order valence-electron chi connectivity index (χ4n) is 4.53. The summed E-state index contributed by atoms with van der Waals surface area (Å²) in [5.41, 5.74) is 5.06. The van der Waals surface area contributed by atoms with Crippen LogP contribution in [-0.4, -0.2) is 60.2 Å². The summed E-state index contributed by atoms with van der Waals surface area (Å²) in [6.45, 7) is 7.02. The molecule has 5 rings (SSSR count). The highest BCUT2D eigenvalue weighted by molar-refractivity contribution is 5.99. The molecule has 1 N–H and O–H groups in total. The van der Waals surface area contributed by atoms with Crippen molar-refractivity contribution in [3.05, 3.63) is 65.9 Å². The first-order valence-electron chi connectivity index (χ1n) is 11.0. The normalized spacial score (nSPS) is 17.2. The number of halogens is 2. The Labute approximate surface area is 207 Å². The van der Waals surface area contributed by atoms with Crippen LogP contribution in [0.4, 0.5) is 11.4 Å². The van der Waals surface area contributed by atoms with Gasteiger partial charge in [0.05, 0.1) is 11.6 Å². The number of anilines is 2. The summed E-state index contributed by atoms with van der Waals surface area (Å²) in [5.74, 6) is 0.154. The smallest absolute Gasteiger partial charge is 0.228 e. The van der Waals surface area contributed by atoms with E-state index in [0.29, 0.717) is 13.0 Å². The topological polar surface area (TPSA) is 59.9 Å². The number of amides is 1. The van der Waals surface area contributed by atoms with Gasteiger partial charge in [-0.3, -0.25) is 14.7 Å². The Morgan fingerprint density at radius 2 is 1.73 bits per heavy atom. The van der Waals surface area contributed by atoms with E-state index in [1.807, 2.05) is 31.2 Å². The molecule has 1 atom stereocenters. The van der Waals surface area contributed by atoms with E-state index in [1.54, 1.807) is 4.90 Å². The van der Waals surface area contributed by atoms with Crippen LogP contribution in [0.2, 0.25) is 0 Å². The van der Waals surface area contributed by atoms with Crippen LogP contribution < -0.4 is 9.80 Å². The van der Waals surface area contributed by atoms with Crippen molar-refractivity contribution in [1.29, 1.82) is 0 Å². The highest BCUT2D eigenvalue weighted by atomic mass is 35.5. The van der Waals surface area contributed by atoms with Crippen LogP contribution in [0.1, 0.15) is 23.8 Å². The summed E-state index contributed by atoms with van der Waals surface area (Å²) in [5, 5.41) is 12.0. The van der Waals surface area contributed by atoms with Crippen molar-refractivity contribution in [3.63, 3.8) is 0 Å². The van der Waals surface area contributed by atoms with Crippen molar-refractivity contribution in [2.24, 2.45) is 0 Å². The van der Waals surface area contributed by atoms with E-state index < -0.39 is 6.10 Å². The quantitative estimate of drug-likeness (QED) is 0.550. The van der Waals surface area contributed by atoms with E-state index in [2.05, 4.69) is 45.1 Å². The van der Waals surface area contributed by atoms with Crippen LogP contribution in [0.25, 0.3) is 10.9 Å². The summed E-state index contributed by atoms with van der Waals surface area (Å²) in [7, 11) is 0. The number of rotatable bonds is 5. The van der Waals surface area contributed by atoms with Crippen LogP contribution in [0.3, 0.4) is 0 Å². The summed E-state index contributed by atoms with van der Waals surface area (Å²) in [4.78, 5) is 22.9. The molecular formula is C25H30Cl2N4O2. The van der Waals surface area contributed by atoms with E-state index in [-0.39, 0.29) is 30.7 Å². The number of hydrogen-bond donors (Lipinski definition) is 1. The van der Waals surface area contributed by atoms with E-state index >= 15 is 0 Å². The molecule has 0 aliphatic carbocycles. The predicted octanol–water partition coefficient (Wildman–Crippen LogP) is 3.98. The number of fused-ring (bicyclic) bond motifs is 1. The molecule has 6 nitrogen and oxygen atoms in total. The Morgan fingerprint density at radius 1 is 0.970 bits per heavy atom. The third kappa shape index (κ3) is 5.25. The number of nitrogens with zero attached hydrogens (tertiary/aromatic N) is 4. The number of carbonyl (C=O) groups is 1. The maximum atomic E-state index is 11.7. The van der Waals surface area contributed by atoms with Crippen molar-refractivity contribution in [3.8, 4) is 0 Å². The van der Waals surface area contributed by atoms with E-state index in [4.69, 9.17) is 0 Å². The minimum Gasteiger partial charge on any atom is -0.387 e. The number of aryl methyl sites for hydroxylation is 1. The second kappa shape index (κ2) is 10.7. The van der Waals surface area contributed by atoms with Gasteiger partial charge in [-0.2, -0.15) is 0 Å². The maximum absolute atomic E-state index is 11.7. The number of carbonyl (C=O) groups excluding carboxylic acids is 1. The first-order valence-corrected chi connectivity index (χ1v) is 11.0. The van der Waals surface area contributed by atoms with Crippen molar-refractivity contribution in [2.45, 2.75) is 19.4 Å². The zero-order chi connectivity index (χ0) is 21.4. The molecule has 0 saturated carbocycles. The lowest BCUT2D eigenvalue weighted by atomic mass is 10.1. The average molecular weight is 489 g/mol. The van der Waals surface area contributed by atoms with E-state index in [9.17, 15) is 9.90 Å². The van der Waals surface area contributed by atoms with Gasteiger partial charge in [-0.15, -0.1) is 24.8 Å². The number of β-amino-alcohol motifs (C(OH)–C–C–N with tert-alkyl or cyclic N) is 1. The Balaban J connectivity index is 0.00000153. The molecule has 2 aliphatic heterocycles. The standard InChI is InChI=1S/C25H28N4O2.2ClH/c1-18-8-9-21-22(26-18)6-3-7-23(21)28-14-12-27(13-15-28)17-24(30)19-4-2-5-20(16-19)29-11-10-25(29)31;;/h2-9,16,24,30H,10-15,17H2,1H3;2*1H. The number of aliphatic hydroxyl groups excluding tert-OH is 1. The Morgan fingerprint density at radius 3 is 2.42 bits per heavy atom. The number of hydrogen-bond acceptors (Lipinski definition) is 5. The number of piperazine rings is 1. The van der Waals surface area contributed by atoms with Crippen molar-refractivity contribution >= 4 is 53.0 Å². The van der Waals surface area contributed by atoms with Gasteiger partial charge in [-0.25, -0.2) is 0 Å². The van der Waals surface area contributed by atoms with Crippen LogP contribution in [0.5, 0.6) is 0 Å². The SMILES string of the molecule is Cc1ccc2c(N3CCN(CC(O)c4cccc(N5CCC5=O)c4)CC3)cccc2n1.Cl.Cl. The largest absolute Gasteiger partial charge is 0.387 e. The summed E-state index contributed by atoms with van der Waals surface area (Å²) < 4.78 is 0. The number of β-lactam (4-membered cyclic amide) rings is 1. The second-order valence-corrected chi connectivity index (χ2v) is 8.49. The number of aromatic nitrogens is 1. The van der Waals surface area contributed by atoms with Gasteiger partial charge in [-0.1, -0.05) is 18.2 Å². The van der Waals surface area contributed by atoms with Crippen LogP contribution in [0.15, 0.2) is 54.6 Å². The Kier molecular flexibility index (Phi) is 8.19. The van der Waals surface area contributed by atoms with Gasteiger partial charge in [0.1, 0.15) is 0 Å². The molecule has 0 radical (unpaired) electrons. The molecule has 2 aliphatic rings. The number of pyridine rings is 1. The van der Waals surface area contributed by atoms with Crippen molar-refractivity contribution in [1.82, 2.24) is 9.88 Å². The molecule has 176 valence electrons. The molecular weight excluding hydrogens is 459 g/mol. The minimum absolute atomic E-state index is 0. The molecule has 0 spiro atoms. The molecule has 1 aromatic heterocycles. The Bertz CT molecular complexity index is 1120. The summed E-state index contributed by atoms with van der Waals surface area (Å²) >= 11 is 0. The lowest BCUT2D eigenvalue weighted by Crippen LogP contribution is -2.47. The second-order valence-electron chi connectivity index (χ2n) is 8.49. The molecule has 1 amide bonds. The third-order valence-electron chi connectivity index (χ3n) is 6.41. The fraction of sp³-hybridized carbons (Fsp3) is 0.360. The zero-order valence-electron chi connectivity index (χ0n) is 18.7. The van der Waals surface area contributed by atoms with Crippen LogP contribution >= 0.6 is 24.8 Å². The molecule has 0 bridgehead atoms. The van der Waals surface area contributed by atoms with Crippen LogP contribution in [-0.2, 0) is 4.79 Å². The van der Waals surface area contributed by atoms with Gasteiger partial charge >= 0.3 is 0 Å². The maximum Gasteiger partial charge on any atom is 0.228 e. The molecule has 2 aromatic carbocycles. The monoisotopic (exact) mass is 488 g/mol. The summed E-state index contributed by atoms with van der Waals surface area (Å²) in [6, 6.07) is 18.3. The first-order chi connectivity index (χ1) is 15.1. The van der Waals surface area contributed by atoms with E-state index in [1.165, 1.54) is 11.1 Å². The lowest BCUT2D eigenvalue weighted by Gasteiger charge is -2.37. The lowest BCUT2D eigenvalue weighted by molar-refractivity contribution is -0.122. The molecule has 2 saturated heterocycles. The van der Waals surface area contributed by atoms with Crippen LogP contribution in [0, 0.1) is 6.92 Å². The fourth-order valence-corrected chi connectivity index (χ4v) is 4.53. The molecule has 8 heteroatoms. The number of benzene rings is 2. The minimum atomic E-state index is -0.562.